The fraction of sp³-hybridized carbons (Fsp3) is 0.704. The molecule has 1 rings (SSSR count). The smallest absolute Gasteiger partial charge is 0.306 e. The second-order valence-corrected chi connectivity index (χ2v) is 12.1. The van der Waals surface area contributed by atoms with Crippen LogP contribution in [0.4, 0.5) is 0 Å². The highest BCUT2D eigenvalue weighted by molar-refractivity contribution is 7.48. The van der Waals surface area contributed by atoms with Crippen molar-refractivity contribution in [1.82, 2.24) is 4.67 Å². The number of carbonyl (C=O) groups excluding carboxylic acids is 2. The molecule has 37 heavy (non-hydrogen) atoms. The molecule has 10 heteroatoms. The van der Waals surface area contributed by atoms with Crippen LogP contribution in [0.1, 0.15) is 70.8 Å². The monoisotopic (exact) mass is 542 g/mol. The predicted molar refractivity (Wildman–Crippen MR) is 142 cm³/mol. The van der Waals surface area contributed by atoms with E-state index in [1.807, 2.05) is 65.3 Å². The molecule has 0 aromatic heterocycles. The van der Waals surface area contributed by atoms with Gasteiger partial charge in [-0.15, -0.1) is 0 Å². The lowest BCUT2D eigenvalue weighted by atomic mass is 10.2. The number of nitrogens with zero attached hydrogens (tertiary/aromatic N) is 2. The van der Waals surface area contributed by atoms with Gasteiger partial charge in [0, 0.05) is 25.9 Å². The number of unbranched alkanes of at least 4 members (excludes halogenated alkanes) is 4. The predicted octanol–water partition coefficient (Wildman–Crippen LogP) is 4.30. The van der Waals surface area contributed by atoms with Crippen molar-refractivity contribution in [3.63, 3.8) is 0 Å². The minimum atomic E-state index is -4.51. The molecule has 0 bridgehead atoms. The van der Waals surface area contributed by atoms with Gasteiger partial charge in [0.25, 0.3) is 0 Å². The minimum absolute atomic E-state index is 0.0173. The highest BCUT2D eigenvalue weighted by Crippen LogP contribution is 2.43. The maximum Gasteiger partial charge on any atom is 0.306 e. The molecule has 0 aliphatic carbocycles. The zero-order chi connectivity index (χ0) is 27.7. The van der Waals surface area contributed by atoms with E-state index in [-0.39, 0.29) is 45.1 Å². The van der Waals surface area contributed by atoms with Gasteiger partial charge >= 0.3 is 11.9 Å². The van der Waals surface area contributed by atoms with E-state index < -0.39 is 19.8 Å². The first-order chi connectivity index (χ1) is 17.5. The molecule has 0 amide bonds. The van der Waals surface area contributed by atoms with E-state index in [0.717, 1.165) is 31.2 Å². The molecule has 0 spiro atoms. The van der Waals surface area contributed by atoms with Crippen molar-refractivity contribution in [1.29, 1.82) is 0 Å². The second-order valence-electron chi connectivity index (χ2n) is 10.4. The molecule has 0 saturated heterocycles. The normalized spacial score (nSPS) is 14.2. The Bertz CT molecular complexity index is 830. The number of benzene rings is 1. The molecular weight excluding hydrogens is 495 g/mol. The van der Waals surface area contributed by atoms with Crippen LogP contribution < -0.4 is 4.89 Å². The molecule has 9 nitrogen and oxygen atoms in total. The lowest BCUT2D eigenvalue weighted by Crippen LogP contribution is -2.41. The number of rotatable bonds is 20. The first kappa shape index (κ1) is 33.3. The molecule has 2 atom stereocenters. The van der Waals surface area contributed by atoms with E-state index in [2.05, 4.69) is 0 Å². The Labute approximate surface area is 223 Å². The molecule has 0 heterocycles. The van der Waals surface area contributed by atoms with Gasteiger partial charge in [0.2, 0.25) is 7.75 Å². The zero-order valence-electron chi connectivity index (χ0n) is 23.4. The summed E-state index contributed by atoms with van der Waals surface area (Å²) in [6.45, 7) is 4.25. The van der Waals surface area contributed by atoms with Gasteiger partial charge in [0.15, 0.2) is 0 Å². The summed E-state index contributed by atoms with van der Waals surface area (Å²) in [4.78, 5) is 37.9. The van der Waals surface area contributed by atoms with Crippen molar-refractivity contribution in [3.05, 3.63) is 35.9 Å². The van der Waals surface area contributed by atoms with Gasteiger partial charge in [0.05, 0.1) is 21.1 Å². The molecule has 0 fully saturated rings. The molecular formula is C27H47N2O7P. The molecule has 1 unspecified atom stereocenters. The lowest BCUT2D eigenvalue weighted by molar-refractivity contribution is -0.870. The Kier molecular flexibility index (Phi) is 15.9. The van der Waals surface area contributed by atoms with E-state index in [9.17, 15) is 19.0 Å². The van der Waals surface area contributed by atoms with Gasteiger partial charge in [-0.05, 0) is 18.4 Å². The number of esters is 2. The molecule has 0 aliphatic heterocycles. The first-order valence-corrected chi connectivity index (χ1v) is 14.9. The maximum absolute atomic E-state index is 13.2. The van der Waals surface area contributed by atoms with Crippen LogP contribution in [0.3, 0.4) is 0 Å². The van der Waals surface area contributed by atoms with Crippen molar-refractivity contribution < 1.29 is 37.5 Å². The highest BCUT2D eigenvalue weighted by Gasteiger charge is 2.28. The standard InChI is InChI=1S/C27H47N2O7P/c1-6-8-11-17-26(30)34-23-25(36-27(31)18-12-9-7-2)22-28(21-24-15-13-10-14-16-24)37(32,33)35-20-19-29(3,4)5/h10,13-16,25H,6-9,11-12,17-23H2,1-5H3/t25-/m0/s1. The van der Waals surface area contributed by atoms with Gasteiger partial charge in [-0.25, -0.2) is 4.67 Å². The van der Waals surface area contributed by atoms with Crippen LogP contribution in [0.15, 0.2) is 30.3 Å². The third-order valence-electron chi connectivity index (χ3n) is 5.68. The zero-order valence-corrected chi connectivity index (χ0v) is 24.3. The summed E-state index contributed by atoms with van der Waals surface area (Å²) >= 11 is 0. The third-order valence-corrected chi connectivity index (χ3v) is 7.19. The van der Waals surface area contributed by atoms with Crippen molar-refractivity contribution in [2.24, 2.45) is 0 Å². The van der Waals surface area contributed by atoms with Crippen molar-refractivity contribution in [3.8, 4) is 0 Å². The highest BCUT2D eigenvalue weighted by atomic mass is 31.2. The third kappa shape index (κ3) is 15.9. The molecule has 212 valence electrons. The largest absolute Gasteiger partial charge is 0.766 e. The molecule has 0 aliphatic rings. The quantitative estimate of drug-likeness (QED) is 0.104. The number of quaternary nitrogens is 1. The summed E-state index contributed by atoms with van der Waals surface area (Å²) in [6, 6.07) is 9.13. The molecule has 1 aromatic rings. The van der Waals surface area contributed by atoms with Gasteiger partial charge in [-0.2, -0.15) is 0 Å². The average molecular weight is 543 g/mol. The maximum atomic E-state index is 13.2. The Balaban J connectivity index is 3.02. The fourth-order valence-electron chi connectivity index (χ4n) is 3.46. The summed E-state index contributed by atoms with van der Waals surface area (Å²) in [5.74, 6) is -0.827. The lowest BCUT2D eigenvalue weighted by Gasteiger charge is -2.37. The molecule has 1 aromatic carbocycles. The van der Waals surface area contributed by atoms with E-state index in [4.69, 9.17) is 14.0 Å². The van der Waals surface area contributed by atoms with Crippen LogP contribution >= 0.6 is 7.75 Å². The van der Waals surface area contributed by atoms with Crippen LogP contribution in [0.2, 0.25) is 0 Å². The van der Waals surface area contributed by atoms with Crippen LogP contribution in [0.25, 0.3) is 0 Å². The number of hydrogen-bond donors (Lipinski definition) is 0. The van der Waals surface area contributed by atoms with Crippen molar-refractivity contribution in [2.75, 3.05) is 47.4 Å². The molecule has 0 saturated carbocycles. The van der Waals surface area contributed by atoms with Gasteiger partial charge in [0.1, 0.15) is 25.9 Å². The first-order valence-electron chi connectivity index (χ1n) is 13.4. The van der Waals surface area contributed by atoms with Gasteiger partial charge in [-0.3, -0.25) is 14.2 Å². The van der Waals surface area contributed by atoms with Crippen LogP contribution in [-0.4, -0.2) is 74.6 Å². The Hall–Kier alpha value is -1.77. The SMILES string of the molecule is CCCCCC(=O)OC[C@H](CN(Cc1ccccc1)P(=O)([O-])OCC[N+](C)(C)C)OC(=O)CCCCC. The Morgan fingerprint density at radius 1 is 0.973 bits per heavy atom. The topological polar surface area (TPSA) is 105 Å². The Morgan fingerprint density at radius 3 is 2.14 bits per heavy atom. The molecule has 0 radical (unpaired) electrons. The number of hydrogen-bond acceptors (Lipinski definition) is 7. The van der Waals surface area contributed by atoms with Gasteiger partial charge < -0.3 is 23.4 Å². The van der Waals surface area contributed by atoms with Crippen molar-refractivity contribution >= 4 is 19.7 Å². The van der Waals surface area contributed by atoms with Crippen LogP contribution in [0.5, 0.6) is 0 Å². The summed E-state index contributed by atoms with van der Waals surface area (Å²) < 4.78 is 31.3. The van der Waals surface area contributed by atoms with E-state index >= 15 is 0 Å². The summed E-state index contributed by atoms with van der Waals surface area (Å²) in [5, 5.41) is 0. The van der Waals surface area contributed by atoms with E-state index in [0.29, 0.717) is 23.9 Å². The van der Waals surface area contributed by atoms with Crippen LogP contribution in [-0.2, 0) is 34.7 Å². The summed E-state index contributed by atoms with van der Waals surface area (Å²) in [7, 11) is 1.34. The Morgan fingerprint density at radius 2 is 1.57 bits per heavy atom. The van der Waals surface area contributed by atoms with E-state index in [1.54, 1.807) is 0 Å². The second kappa shape index (κ2) is 17.7. The summed E-state index contributed by atoms with van der Waals surface area (Å²) in [6.07, 6.45) is 4.69. The van der Waals surface area contributed by atoms with Crippen molar-refractivity contribution in [2.45, 2.75) is 77.9 Å². The molecule has 0 N–H and O–H groups in total. The summed E-state index contributed by atoms with van der Waals surface area (Å²) in [5.41, 5.74) is 0.762. The van der Waals surface area contributed by atoms with Crippen LogP contribution in [0, 0.1) is 0 Å². The van der Waals surface area contributed by atoms with E-state index in [1.165, 1.54) is 4.67 Å². The number of ether oxygens (including phenoxy) is 2. The minimum Gasteiger partial charge on any atom is -0.766 e. The van der Waals surface area contributed by atoms with Gasteiger partial charge in [-0.1, -0.05) is 69.9 Å². The average Bonchev–Trinajstić information content (AvgIpc) is 2.82. The fourth-order valence-corrected chi connectivity index (χ4v) is 4.65. The number of carbonyl (C=O) groups is 2. The number of likely N-dealkylation sites (N-methyl/N-ethyl adjacent to an activating group) is 1.